The van der Waals surface area contributed by atoms with Crippen LogP contribution < -0.4 is 5.43 Å². The van der Waals surface area contributed by atoms with Crippen LogP contribution >= 0.6 is 0 Å². The Morgan fingerprint density at radius 2 is 2.17 bits per heavy atom. The number of pyridine rings is 1. The Hall–Kier alpha value is -1.05. The first-order chi connectivity index (χ1) is 5.59. The topological polar surface area (TPSA) is 32.9 Å². The van der Waals surface area contributed by atoms with Crippen LogP contribution in [0.3, 0.4) is 0 Å². The summed E-state index contributed by atoms with van der Waals surface area (Å²) in [5.41, 5.74) is 1.94. The molecule has 2 nitrogen and oxygen atoms in total. The highest BCUT2D eigenvalue weighted by atomic mass is 16.1. The summed E-state index contributed by atoms with van der Waals surface area (Å²) in [6.07, 6.45) is 2.72. The summed E-state index contributed by atoms with van der Waals surface area (Å²) in [7, 11) is 0. The van der Waals surface area contributed by atoms with E-state index in [-0.39, 0.29) is 5.43 Å². The molecular formula is C10H15NO. The van der Waals surface area contributed by atoms with Crippen LogP contribution in [0.4, 0.5) is 0 Å². The molecule has 1 rings (SSSR count). The number of nitrogens with one attached hydrogen (secondary N) is 1. The number of aromatic nitrogens is 1. The largest absolute Gasteiger partial charge is 0.364 e. The zero-order valence-electron chi connectivity index (χ0n) is 7.85. The fourth-order valence-corrected chi connectivity index (χ4v) is 1.14. The van der Waals surface area contributed by atoms with Crippen LogP contribution in [0.1, 0.15) is 25.1 Å². The van der Waals surface area contributed by atoms with Gasteiger partial charge < -0.3 is 4.98 Å². The highest BCUT2D eigenvalue weighted by Crippen LogP contribution is 2.02. The molecular weight excluding hydrogens is 150 g/mol. The standard InChI is InChI=1S/C10H15NO/c1-7(2)4-9-5-10(12)8(3)6-11-9/h5-7H,4H2,1-3H3,(H,11,12). The maximum absolute atomic E-state index is 11.2. The second kappa shape index (κ2) is 3.57. The van der Waals surface area contributed by atoms with Crippen molar-refractivity contribution in [2.45, 2.75) is 27.2 Å². The Morgan fingerprint density at radius 3 is 2.67 bits per heavy atom. The average molecular weight is 165 g/mol. The van der Waals surface area contributed by atoms with E-state index >= 15 is 0 Å². The number of rotatable bonds is 2. The summed E-state index contributed by atoms with van der Waals surface area (Å²) in [4.78, 5) is 14.3. The van der Waals surface area contributed by atoms with E-state index in [1.165, 1.54) is 0 Å². The fourth-order valence-electron chi connectivity index (χ4n) is 1.14. The van der Waals surface area contributed by atoms with Gasteiger partial charge in [0.15, 0.2) is 5.43 Å². The van der Waals surface area contributed by atoms with Gasteiger partial charge in [-0.1, -0.05) is 13.8 Å². The molecule has 0 amide bonds. The van der Waals surface area contributed by atoms with Crippen molar-refractivity contribution >= 4 is 0 Å². The van der Waals surface area contributed by atoms with Gasteiger partial charge in [-0.3, -0.25) is 4.79 Å². The average Bonchev–Trinajstić information content (AvgIpc) is 1.96. The smallest absolute Gasteiger partial charge is 0.184 e. The molecule has 0 radical (unpaired) electrons. The lowest BCUT2D eigenvalue weighted by atomic mass is 10.1. The van der Waals surface area contributed by atoms with Gasteiger partial charge in [0.1, 0.15) is 0 Å². The maximum Gasteiger partial charge on any atom is 0.184 e. The lowest BCUT2D eigenvalue weighted by Crippen LogP contribution is -2.08. The lowest BCUT2D eigenvalue weighted by Gasteiger charge is -2.04. The summed E-state index contributed by atoms with van der Waals surface area (Å²) in [5.74, 6) is 0.586. The molecule has 0 aliphatic rings. The third kappa shape index (κ3) is 2.22. The Labute approximate surface area is 72.6 Å². The van der Waals surface area contributed by atoms with E-state index in [0.717, 1.165) is 17.7 Å². The van der Waals surface area contributed by atoms with E-state index in [2.05, 4.69) is 18.8 Å². The maximum atomic E-state index is 11.2. The van der Waals surface area contributed by atoms with Crippen molar-refractivity contribution in [1.29, 1.82) is 0 Å². The molecule has 12 heavy (non-hydrogen) atoms. The summed E-state index contributed by atoms with van der Waals surface area (Å²) >= 11 is 0. The van der Waals surface area contributed by atoms with Gasteiger partial charge >= 0.3 is 0 Å². The number of hydrogen-bond donors (Lipinski definition) is 1. The van der Waals surface area contributed by atoms with E-state index in [4.69, 9.17) is 0 Å². The first kappa shape index (κ1) is 9.04. The van der Waals surface area contributed by atoms with E-state index < -0.39 is 0 Å². The molecule has 0 saturated carbocycles. The van der Waals surface area contributed by atoms with Crippen molar-refractivity contribution in [3.05, 3.63) is 33.7 Å². The Balaban J connectivity index is 2.90. The van der Waals surface area contributed by atoms with Gasteiger partial charge in [-0.25, -0.2) is 0 Å². The number of hydrogen-bond acceptors (Lipinski definition) is 1. The summed E-state index contributed by atoms with van der Waals surface area (Å²) in [6, 6.07) is 1.69. The first-order valence-electron chi connectivity index (χ1n) is 4.28. The third-order valence-electron chi connectivity index (χ3n) is 1.80. The monoisotopic (exact) mass is 165 g/mol. The van der Waals surface area contributed by atoms with Gasteiger partial charge in [-0.15, -0.1) is 0 Å². The van der Waals surface area contributed by atoms with E-state index in [0.29, 0.717) is 5.92 Å². The van der Waals surface area contributed by atoms with Crippen LogP contribution in [0.25, 0.3) is 0 Å². The molecule has 1 aromatic heterocycles. The molecule has 0 unspecified atom stereocenters. The van der Waals surface area contributed by atoms with Crippen LogP contribution in [0.15, 0.2) is 17.1 Å². The van der Waals surface area contributed by atoms with Crippen molar-refractivity contribution in [2.75, 3.05) is 0 Å². The van der Waals surface area contributed by atoms with Gasteiger partial charge in [0.2, 0.25) is 0 Å². The fraction of sp³-hybridized carbons (Fsp3) is 0.500. The molecule has 0 aliphatic heterocycles. The Morgan fingerprint density at radius 1 is 1.50 bits per heavy atom. The van der Waals surface area contributed by atoms with Gasteiger partial charge in [0.05, 0.1) is 0 Å². The molecule has 66 valence electrons. The molecule has 0 saturated heterocycles. The summed E-state index contributed by atoms with van der Waals surface area (Å²) in [5, 5.41) is 0. The van der Waals surface area contributed by atoms with Crippen molar-refractivity contribution in [2.24, 2.45) is 5.92 Å². The molecule has 2 heteroatoms. The molecule has 0 atom stereocenters. The van der Waals surface area contributed by atoms with E-state index in [1.54, 1.807) is 12.3 Å². The summed E-state index contributed by atoms with van der Waals surface area (Å²) < 4.78 is 0. The SMILES string of the molecule is Cc1c[nH]c(CC(C)C)cc1=O. The normalized spacial score (nSPS) is 10.7. The third-order valence-corrected chi connectivity index (χ3v) is 1.80. The molecule has 0 bridgehead atoms. The molecule has 1 heterocycles. The van der Waals surface area contributed by atoms with Gasteiger partial charge in [-0.05, 0) is 19.3 Å². The first-order valence-corrected chi connectivity index (χ1v) is 4.28. The highest BCUT2D eigenvalue weighted by molar-refractivity contribution is 5.12. The minimum Gasteiger partial charge on any atom is -0.364 e. The van der Waals surface area contributed by atoms with Crippen LogP contribution in [-0.2, 0) is 6.42 Å². The Bertz CT molecular complexity index is 312. The van der Waals surface area contributed by atoms with Crippen molar-refractivity contribution < 1.29 is 0 Å². The van der Waals surface area contributed by atoms with Crippen LogP contribution in [-0.4, -0.2) is 4.98 Å². The predicted octanol–water partition coefficient (Wildman–Crippen LogP) is 1.88. The van der Waals surface area contributed by atoms with Crippen LogP contribution in [0, 0.1) is 12.8 Å². The number of aromatic amines is 1. The highest BCUT2D eigenvalue weighted by Gasteiger charge is 1.99. The number of H-pyrrole nitrogens is 1. The van der Waals surface area contributed by atoms with Crippen molar-refractivity contribution in [3.63, 3.8) is 0 Å². The number of aryl methyl sites for hydroxylation is 1. The zero-order chi connectivity index (χ0) is 9.14. The van der Waals surface area contributed by atoms with Crippen LogP contribution in [0.2, 0.25) is 0 Å². The molecule has 0 spiro atoms. The van der Waals surface area contributed by atoms with Crippen LogP contribution in [0.5, 0.6) is 0 Å². The molecule has 1 aromatic rings. The van der Waals surface area contributed by atoms with Gasteiger partial charge in [0, 0.05) is 23.5 Å². The summed E-state index contributed by atoms with van der Waals surface area (Å²) in [6.45, 7) is 6.09. The second-order valence-corrected chi connectivity index (χ2v) is 3.60. The molecule has 0 fully saturated rings. The van der Waals surface area contributed by atoms with Crippen molar-refractivity contribution in [3.8, 4) is 0 Å². The minimum atomic E-state index is 0.129. The molecule has 0 aliphatic carbocycles. The van der Waals surface area contributed by atoms with E-state index in [9.17, 15) is 4.79 Å². The van der Waals surface area contributed by atoms with E-state index in [1.807, 2.05) is 6.92 Å². The zero-order valence-corrected chi connectivity index (χ0v) is 7.85. The van der Waals surface area contributed by atoms with Gasteiger partial charge in [0.25, 0.3) is 0 Å². The van der Waals surface area contributed by atoms with Gasteiger partial charge in [-0.2, -0.15) is 0 Å². The Kier molecular flexibility index (Phi) is 2.69. The molecule has 0 aromatic carbocycles. The quantitative estimate of drug-likeness (QED) is 0.713. The lowest BCUT2D eigenvalue weighted by molar-refractivity contribution is 0.634. The second-order valence-electron chi connectivity index (χ2n) is 3.60. The van der Waals surface area contributed by atoms with Crippen molar-refractivity contribution in [1.82, 2.24) is 4.98 Å². The predicted molar refractivity (Wildman–Crippen MR) is 50.3 cm³/mol. The minimum absolute atomic E-state index is 0.129. The molecule has 1 N–H and O–H groups in total.